The van der Waals surface area contributed by atoms with E-state index < -0.39 is 12.0 Å². The summed E-state index contributed by atoms with van der Waals surface area (Å²) in [7, 11) is 0. The third kappa shape index (κ3) is 12.6. The molecular weight excluding hydrogens is 478 g/mol. The lowest BCUT2D eigenvalue weighted by atomic mass is 10.0. The van der Waals surface area contributed by atoms with Gasteiger partial charge in [0.2, 0.25) is 0 Å². The standard InChI is InChI=1S/C25H31N3O2S.C4H8.C2H6/c1-5-10-20(8-4)23-22(15-17(6-2)7-3)27-25(28-23)31-16-19-12-9-11-18(13-19)14-21(26)24(29)30;1-3-4-2;1-2/h5-13,21H,2,14-16,26H2,1,3-4H3,(H,27,28)(H,29,30);3-4H,1-2H3;1-2H3/b10-5-,17-7+,20-8+;4-3-;. The summed E-state index contributed by atoms with van der Waals surface area (Å²) in [6.07, 6.45) is 15.1. The summed E-state index contributed by atoms with van der Waals surface area (Å²) in [5.41, 5.74) is 11.9. The van der Waals surface area contributed by atoms with Crippen LogP contribution in [0.1, 0.15) is 71.0 Å². The molecule has 6 heteroatoms. The summed E-state index contributed by atoms with van der Waals surface area (Å²) in [6.45, 7) is 17.9. The molecule has 0 spiro atoms. The molecule has 1 aromatic carbocycles. The minimum atomic E-state index is -0.989. The second-order valence-electron chi connectivity index (χ2n) is 7.78. The van der Waals surface area contributed by atoms with Crippen LogP contribution in [0.2, 0.25) is 0 Å². The number of allylic oxidation sites excluding steroid dienone is 9. The van der Waals surface area contributed by atoms with Crippen LogP contribution in [0.3, 0.4) is 0 Å². The zero-order chi connectivity index (χ0) is 28.2. The molecule has 1 heterocycles. The van der Waals surface area contributed by atoms with E-state index in [-0.39, 0.29) is 0 Å². The third-order valence-electron chi connectivity index (χ3n) is 5.17. The summed E-state index contributed by atoms with van der Waals surface area (Å²) in [6, 6.07) is 6.98. The van der Waals surface area contributed by atoms with Gasteiger partial charge < -0.3 is 15.8 Å². The highest BCUT2D eigenvalue weighted by Crippen LogP contribution is 2.27. The maximum Gasteiger partial charge on any atom is 0.320 e. The van der Waals surface area contributed by atoms with E-state index in [4.69, 9.17) is 15.8 Å². The van der Waals surface area contributed by atoms with E-state index in [2.05, 4.69) is 29.8 Å². The topological polar surface area (TPSA) is 92.0 Å². The number of nitrogens with one attached hydrogen (secondary N) is 1. The van der Waals surface area contributed by atoms with Crippen molar-refractivity contribution >= 4 is 23.3 Å². The summed E-state index contributed by atoms with van der Waals surface area (Å²) < 4.78 is 0. The largest absolute Gasteiger partial charge is 0.480 e. The van der Waals surface area contributed by atoms with Gasteiger partial charge in [0.25, 0.3) is 0 Å². The fourth-order valence-electron chi connectivity index (χ4n) is 3.15. The number of imidazole rings is 1. The summed E-state index contributed by atoms with van der Waals surface area (Å²) in [4.78, 5) is 19.4. The molecule has 0 amide bonds. The van der Waals surface area contributed by atoms with Crippen molar-refractivity contribution in [2.75, 3.05) is 0 Å². The minimum absolute atomic E-state index is 0.310. The van der Waals surface area contributed by atoms with Gasteiger partial charge in [-0.1, -0.05) is 99.0 Å². The number of rotatable bonds is 11. The molecule has 0 aliphatic rings. The normalized spacial score (nSPS) is 12.5. The molecule has 0 saturated carbocycles. The number of aromatic amines is 1. The molecular formula is C31H45N3O2S. The zero-order valence-corrected chi connectivity index (χ0v) is 24.4. The van der Waals surface area contributed by atoms with Crippen molar-refractivity contribution in [1.82, 2.24) is 9.97 Å². The highest BCUT2D eigenvalue weighted by atomic mass is 32.2. The van der Waals surface area contributed by atoms with Crippen molar-refractivity contribution in [1.29, 1.82) is 0 Å². The van der Waals surface area contributed by atoms with E-state index in [0.717, 1.165) is 51.0 Å². The van der Waals surface area contributed by atoms with Gasteiger partial charge in [0, 0.05) is 17.9 Å². The maximum absolute atomic E-state index is 11.0. The first-order valence-corrected chi connectivity index (χ1v) is 13.7. The SMILES string of the molecule is C/C=C\C.C=C/C(=C\C)Cc1[nH]c(SCc2cccc(CC(N)C(=O)O)c2)nc1C(/C=C\C)=C/C.CC. The second-order valence-corrected chi connectivity index (χ2v) is 8.75. The number of hydrogen-bond acceptors (Lipinski definition) is 4. The second kappa shape index (κ2) is 20.0. The third-order valence-corrected chi connectivity index (χ3v) is 6.12. The lowest BCUT2D eigenvalue weighted by molar-refractivity contribution is -0.138. The predicted molar refractivity (Wildman–Crippen MR) is 162 cm³/mol. The van der Waals surface area contributed by atoms with Crippen molar-refractivity contribution in [2.45, 2.75) is 78.3 Å². The fraction of sp³-hybridized carbons (Fsp3) is 0.355. The molecule has 0 aliphatic carbocycles. The number of carbonyl (C=O) groups is 1. The average molecular weight is 524 g/mol. The molecule has 0 radical (unpaired) electrons. The lowest BCUT2D eigenvalue weighted by Gasteiger charge is -2.08. The first kappa shape index (κ1) is 33.9. The molecule has 0 bridgehead atoms. The number of carboxylic acids is 1. The molecule has 2 aromatic rings. The van der Waals surface area contributed by atoms with E-state index >= 15 is 0 Å². The van der Waals surface area contributed by atoms with Crippen LogP contribution in [0, 0.1) is 0 Å². The van der Waals surface area contributed by atoms with Gasteiger partial charge in [-0.2, -0.15) is 0 Å². The monoisotopic (exact) mass is 523 g/mol. The Hall–Kier alpha value is -3.09. The predicted octanol–water partition coefficient (Wildman–Crippen LogP) is 7.92. The van der Waals surface area contributed by atoms with Crippen molar-refractivity contribution in [3.05, 3.63) is 101 Å². The molecule has 1 atom stereocenters. The molecule has 202 valence electrons. The van der Waals surface area contributed by atoms with Crippen molar-refractivity contribution in [3.8, 4) is 0 Å². The van der Waals surface area contributed by atoms with Gasteiger partial charge in [0.05, 0.1) is 5.69 Å². The quantitative estimate of drug-likeness (QED) is 0.158. The average Bonchev–Trinajstić information content (AvgIpc) is 3.32. The molecule has 1 unspecified atom stereocenters. The highest BCUT2D eigenvalue weighted by Gasteiger charge is 2.15. The minimum Gasteiger partial charge on any atom is -0.480 e. The summed E-state index contributed by atoms with van der Waals surface area (Å²) in [5.74, 6) is -0.272. The molecule has 0 aliphatic heterocycles. The number of aromatic nitrogens is 2. The van der Waals surface area contributed by atoms with Gasteiger partial charge in [-0.05, 0) is 63.3 Å². The Bertz CT molecular complexity index is 1070. The number of carboxylic acid groups (broad SMARTS) is 1. The van der Waals surface area contributed by atoms with Crippen LogP contribution in [-0.4, -0.2) is 27.1 Å². The first-order chi connectivity index (χ1) is 17.8. The van der Waals surface area contributed by atoms with E-state index in [1.165, 1.54) is 0 Å². The van der Waals surface area contributed by atoms with Crippen LogP contribution in [-0.2, 0) is 23.4 Å². The number of hydrogen-bond donors (Lipinski definition) is 3. The Morgan fingerprint density at radius 1 is 1.11 bits per heavy atom. The number of nitrogens with zero attached hydrogens (tertiary/aromatic N) is 1. The Morgan fingerprint density at radius 2 is 1.76 bits per heavy atom. The molecule has 4 N–H and O–H groups in total. The molecule has 5 nitrogen and oxygen atoms in total. The van der Waals surface area contributed by atoms with Gasteiger partial charge in [-0.3, -0.25) is 4.79 Å². The fourth-order valence-corrected chi connectivity index (χ4v) is 3.98. The molecule has 0 saturated heterocycles. The Kier molecular flexibility index (Phi) is 18.4. The van der Waals surface area contributed by atoms with E-state index in [0.29, 0.717) is 6.42 Å². The highest BCUT2D eigenvalue weighted by molar-refractivity contribution is 7.98. The first-order valence-electron chi connectivity index (χ1n) is 12.7. The van der Waals surface area contributed by atoms with Crippen LogP contribution < -0.4 is 5.73 Å². The van der Waals surface area contributed by atoms with Gasteiger partial charge in [0.15, 0.2) is 5.16 Å². The van der Waals surface area contributed by atoms with Crippen LogP contribution >= 0.6 is 11.8 Å². The van der Waals surface area contributed by atoms with Gasteiger partial charge >= 0.3 is 5.97 Å². The Morgan fingerprint density at radius 3 is 2.27 bits per heavy atom. The molecule has 0 fully saturated rings. The summed E-state index contributed by atoms with van der Waals surface area (Å²) in [5, 5.41) is 9.88. The van der Waals surface area contributed by atoms with E-state index in [1.54, 1.807) is 11.8 Å². The van der Waals surface area contributed by atoms with Gasteiger partial charge in [-0.25, -0.2) is 4.98 Å². The smallest absolute Gasteiger partial charge is 0.320 e. The van der Waals surface area contributed by atoms with Crippen molar-refractivity contribution in [3.63, 3.8) is 0 Å². The Balaban J connectivity index is 0.00000196. The van der Waals surface area contributed by atoms with Crippen LogP contribution in [0.4, 0.5) is 0 Å². The summed E-state index contributed by atoms with van der Waals surface area (Å²) >= 11 is 1.62. The van der Waals surface area contributed by atoms with Crippen molar-refractivity contribution < 1.29 is 9.90 Å². The van der Waals surface area contributed by atoms with Gasteiger partial charge in [-0.15, -0.1) is 0 Å². The van der Waals surface area contributed by atoms with Crippen molar-refractivity contribution in [2.24, 2.45) is 5.73 Å². The number of benzene rings is 1. The molecule has 1 aromatic heterocycles. The van der Waals surface area contributed by atoms with Crippen LogP contribution in [0.15, 0.2) is 84.1 Å². The van der Waals surface area contributed by atoms with E-state index in [1.807, 2.05) is 97.0 Å². The molecule has 2 rings (SSSR count). The molecule has 37 heavy (non-hydrogen) atoms. The number of thioether (sulfide) groups is 1. The lowest BCUT2D eigenvalue weighted by Crippen LogP contribution is -2.32. The maximum atomic E-state index is 11.0. The Labute approximate surface area is 228 Å². The zero-order valence-electron chi connectivity index (χ0n) is 23.5. The van der Waals surface area contributed by atoms with Gasteiger partial charge in [0.1, 0.15) is 6.04 Å². The number of nitrogens with two attached hydrogens (primary N) is 1. The van der Waals surface area contributed by atoms with E-state index in [9.17, 15) is 4.79 Å². The van der Waals surface area contributed by atoms with Crippen LogP contribution in [0.5, 0.6) is 0 Å². The number of H-pyrrole nitrogens is 1. The number of aliphatic carboxylic acids is 1. The van der Waals surface area contributed by atoms with Crippen LogP contribution in [0.25, 0.3) is 5.57 Å².